The Morgan fingerprint density at radius 3 is 0.764 bits per heavy atom. The van der Waals surface area contributed by atoms with Crippen molar-refractivity contribution in [2.24, 2.45) is 0 Å². The van der Waals surface area contributed by atoms with Gasteiger partial charge in [-0.3, -0.25) is 0 Å². The van der Waals surface area contributed by atoms with Gasteiger partial charge in [-0.2, -0.15) is 0 Å². The molecule has 11 heteroatoms. The third-order valence-corrected chi connectivity index (χ3v) is 11.9. The normalized spacial score (nSPS) is 15.6. The van der Waals surface area contributed by atoms with Gasteiger partial charge in [-0.05, 0) is 144 Å². The van der Waals surface area contributed by atoms with Crippen LogP contribution in [0.15, 0.2) is 48.5 Å². The first-order valence-corrected chi connectivity index (χ1v) is 22.0. The molecule has 0 radical (unpaired) electrons. The molecule has 0 aliphatic carbocycles. The van der Waals surface area contributed by atoms with E-state index in [9.17, 15) is 18.9 Å². The minimum Gasteiger partial charge on any atom is -0.736 e. The third-order valence-electron chi connectivity index (χ3n) is 10.3. The zero-order valence-corrected chi connectivity index (χ0v) is 38.6. The predicted octanol–water partition coefficient (Wildman–Crippen LogP) is 10.8. The number of phosphoric ester groups is 2. The van der Waals surface area contributed by atoms with Crippen molar-refractivity contribution < 1.29 is 37.0 Å². The maximum absolute atomic E-state index is 12.6. The summed E-state index contributed by atoms with van der Waals surface area (Å²) in [5.74, 6) is 3.08. The number of benzene rings is 4. The summed E-state index contributed by atoms with van der Waals surface area (Å²) in [6.45, 7) is 24.6. The molecule has 2 aliphatic rings. The van der Waals surface area contributed by atoms with Gasteiger partial charge in [-0.1, -0.05) is 104 Å². The van der Waals surface area contributed by atoms with Crippen LogP contribution < -0.4 is 27.9 Å². The maximum Gasteiger partial charge on any atom is 2.00 e. The summed E-state index contributed by atoms with van der Waals surface area (Å²) in [5.41, 5.74) is 11.7. The second-order valence-corrected chi connectivity index (χ2v) is 18.7. The predicted molar refractivity (Wildman–Crippen MR) is 219 cm³/mol. The molecule has 0 saturated carbocycles. The second kappa shape index (κ2) is 18.1. The Morgan fingerprint density at radius 2 is 0.600 bits per heavy atom. The average molecular weight is 815 g/mol. The number of hydrogen-bond acceptors (Lipinski definition) is 8. The standard InChI is InChI=1S/2C22H29O4P.Ca/c2*1-13(2)19-9-15(5)21-17(11-19)7-8-18-12-20(14(3)4)10-16(6)22(18)26-27(23,24)25-21;/h2*9-14H,7-8H2,1-6H3,(H,23,24);/q;;+2/p-2. The van der Waals surface area contributed by atoms with Crippen LogP contribution in [-0.2, 0) is 34.8 Å². The van der Waals surface area contributed by atoms with Crippen LogP contribution in [0.2, 0.25) is 0 Å². The first kappa shape index (κ1) is 45.4. The smallest absolute Gasteiger partial charge is 0.736 e. The Labute approximate surface area is 358 Å². The van der Waals surface area contributed by atoms with Crippen LogP contribution in [0.1, 0.15) is 146 Å². The fourth-order valence-electron chi connectivity index (χ4n) is 7.13. The van der Waals surface area contributed by atoms with Crippen LogP contribution in [0.3, 0.4) is 0 Å². The molecule has 2 aliphatic heterocycles. The summed E-state index contributed by atoms with van der Waals surface area (Å²) in [7, 11) is -9.06. The summed E-state index contributed by atoms with van der Waals surface area (Å²) in [6, 6.07) is 16.3. The van der Waals surface area contributed by atoms with Gasteiger partial charge < -0.3 is 27.9 Å². The van der Waals surface area contributed by atoms with E-state index in [1.165, 1.54) is 22.3 Å². The second-order valence-electron chi connectivity index (χ2n) is 16.2. The van der Waals surface area contributed by atoms with Gasteiger partial charge >= 0.3 is 53.4 Å². The molecular formula is C44H56CaO8P2. The van der Waals surface area contributed by atoms with E-state index >= 15 is 0 Å². The molecule has 0 saturated heterocycles. The van der Waals surface area contributed by atoms with E-state index in [2.05, 4.69) is 79.7 Å². The molecule has 0 spiro atoms. The van der Waals surface area contributed by atoms with Crippen molar-refractivity contribution in [1.29, 1.82) is 0 Å². The molecule has 0 bridgehead atoms. The first-order valence-electron chi connectivity index (χ1n) is 19.1. The largest absolute Gasteiger partial charge is 2.00 e. The molecule has 55 heavy (non-hydrogen) atoms. The zero-order valence-electron chi connectivity index (χ0n) is 34.6. The van der Waals surface area contributed by atoms with Gasteiger partial charge in [0.15, 0.2) is 0 Å². The number of aryl methyl sites for hydroxylation is 8. The first-order chi connectivity index (χ1) is 25.1. The average Bonchev–Trinajstić information content (AvgIpc) is 3.16. The summed E-state index contributed by atoms with van der Waals surface area (Å²) < 4.78 is 47.0. The van der Waals surface area contributed by atoms with Gasteiger partial charge in [0.2, 0.25) is 0 Å². The third kappa shape index (κ3) is 11.0. The molecule has 4 aromatic carbocycles. The summed E-state index contributed by atoms with van der Waals surface area (Å²) in [5, 5.41) is 0. The molecule has 8 nitrogen and oxygen atoms in total. The minimum atomic E-state index is -4.53. The Balaban J connectivity index is 0.000000240. The van der Waals surface area contributed by atoms with Crippen LogP contribution in [-0.4, -0.2) is 37.7 Å². The fourth-order valence-corrected chi connectivity index (χ4v) is 9.14. The van der Waals surface area contributed by atoms with Gasteiger partial charge in [-0.25, -0.2) is 9.13 Å². The summed E-state index contributed by atoms with van der Waals surface area (Å²) in [6.07, 6.45) is 2.81. The number of hydrogen-bond donors (Lipinski definition) is 0. The molecule has 0 amide bonds. The Kier molecular flexibility index (Phi) is 15.0. The van der Waals surface area contributed by atoms with Gasteiger partial charge in [0.1, 0.15) is 23.0 Å². The quantitative estimate of drug-likeness (QED) is 0.148. The molecule has 0 aromatic heterocycles. The number of rotatable bonds is 4. The van der Waals surface area contributed by atoms with E-state index in [0.29, 0.717) is 72.4 Å². The molecule has 2 heterocycles. The summed E-state index contributed by atoms with van der Waals surface area (Å²) in [4.78, 5) is 25.3. The summed E-state index contributed by atoms with van der Waals surface area (Å²) >= 11 is 0. The zero-order chi connectivity index (χ0) is 39.9. The van der Waals surface area contributed by atoms with Crippen LogP contribution in [0, 0.1) is 27.7 Å². The van der Waals surface area contributed by atoms with Gasteiger partial charge in [0.25, 0.3) is 0 Å². The van der Waals surface area contributed by atoms with Crippen LogP contribution in [0.5, 0.6) is 23.0 Å². The van der Waals surface area contributed by atoms with Crippen molar-refractivity contribution in [3.05, 3.63) is 115 Å². The fraction of sp³-hybridized carbons (Fsp3) is 0.455. The molecule has 0 unspecified atom stereocenters. The van der Waals surface area contributed by atoms with Crippen molar-refractivity contribution in [3.63, 3.8) is 0 Å². The molecular weight excluding hydrogens is 759 g/mol. The molecule has 0 fully saturated rings. The maximum atomic E-state index is 12.6. The Bertz CT molecular complexity index is 1850. The monoisotopic (exact) mass is 814 g/mol. The van der Waals surface area contributed by atoms with Crippen LogP contribution in [0.4, 0.5) is 0 Å². The molecule has 6 rings (SSSR count). The minimum absolute atomic E-state index is 0. The van der Waals surface area contributed by atoms with E-state index in [1.807, 2.05) is 52.0 Å². The Hall–Kier alpha value is -2.28. The number of fused-ring (bicyclic) bond motifs is 4. The van der Waals surface area contributed by atoms with Gasteiger partial charge in [-0.15, -0.1) is 0 Å². The van der Waals surface area contributed by atoms with Crippen molar-refractivity contribution in [3.8, 4) is 23.0 Å². The number of phosphoric acid groups is 2. The SMILES string of the molecule is Cc1cc(C(C)C)cc2c1OP(=O)([O-])Oc1c(C)cc(C(C)C)cc1CC2.Cc1cc(C(C)C)cc2c1OP(=O)([O-])Oc1c(C)cc(C(C)C)cc1CC2.[Ca+2]. The van der Waals surface area contributed by atoms with Crippen LogP contribution in [0.25, 0.3) is 0 Å². The van der Waals surface area contributed by atoms with E-state index in [0.717, 1.165) is 44.5 Å². The van der Waals surface area contributed by atoms with Crippen molar-refractivity contribution in [2.75, 3.05) is 0 Å². The van der Waals surface area contributed by atoms with E-state index in [4.69, 9.17) is 18.1 Å². The van der Waals surface area contributed by atoms with E-state index in [-0.39, 0.29) is 37.7 Å². The van der Waals surface area contributed by atoms with Crippen LogP contribution >= 0.6 is 15.6 Å². The molecule has 292 valence electrons. The van der Waals surface area contributed by atoms with Crippen molar-refractivity contribution in [2.45, 2.75) is 132 Å². The van der Waals surface area contributed by atoms with Crippen molar-refractivity contribution >= 4 is 53.4 Å². The van der Waals surface area contributed by atoms with E-state index < -0.39 is 15.6 Å². The van der Waals surface area contributed by atoms with Gasteiger partial charge in [0, 0.05) is 0 Å². The Morgan fingerprint density at radius 1 is 0.418 bits per heavy atom. The topological polar surface area (TPSA) is 117 Å². The van der Waals surface area contributed by atoms with Crippen molar-refractivity contribution in [1.82, 2.24) is 0 Å². The molecule has 0 atom stereocenters. The molecule has 4 aromatic rings. The van der Waals surface area contributed by atoms with Gasteiger partial charge in [0.05, 0.1) is 0 Å². The van der Waals surface area contributed by atoms with E-state index in [1.54, 1.807) is 0 Å². The molecule has 0 N–H and O–H groups in total.